The lowest BCUT2D eigenvalue weighted by atomic mass is 10.0. The number of anilines is 1. The van der Waals surface area contributed by atoms with E-state index < -0.39 is 6.61 Å². The van der Waals surface area contributed by atoms with Gasteiger partial charge in [-0.1, -0.05) is 12.1 Å². The first-order valence-electron chi connectivity index (χ1n) is 9.74. The van der Waals surface area contributed by atoms with Crippen molar-refractivity contribution < 1.29 is 27.8 Å². The number of alkyl halides is 2. The molecule has 160 valence electrons. The minimum Gasteiger partial charge on any atom is -0.494 e. The average Bonchev–Trinajstić information content (AvgIpc) is 2.70. The Kier molecular flexibility index (Phi) is 7.21. The highest BCUT2D eigenvalue weighted by atomic mass is 19.3. The fourth-order valence-electron chi connectivity index (χ4n) is 3.24. The highest BCUT2D eigenvalue weighted by molar-refractivity contribution is 5.94. The molecule has 2 amide bonds. The molecule has 6 nitrogen and oxygen atoms in total. The summed E-state index contributed by atoms with van der Waals surface area (Å²) >= 11 is 0. The summed E-state index contributed by atoms with van der Waals surface area (Å²) in [7, 11) is 1.67. The highest BCUT2D eigenvalue weighted by Crippen LogP contribution is 2.27. The molecule has 1 aliphatic heterocycles. The number of carbonyl (C=O) groups excluding carboxylic acids is 2. The zero-order valence-electron chi connectivity index (χ0n) is 16.7. The molecule has 1 aliphatic rings. The summed E-state index contributed by atoms with van der Waals surface area (Å²) in [5.41, 5.74) is 2.57. The number of fused-ring (bicyclic) bond motifs is 1. The minimum atomic E-state index is -2.88. The van der Waals surface area contributed by atoms with Crippen molar-refractivity contribution in [3.63, 3.8) is 0 Å². The summed E-state index contributed by atoms with van der Waals surface area (Å²) in [5.74, 6) is 0.738. The summed E-state index contributed by atoms with van der Waals surface area (Å²) in [5, 5.41) is 2.82. The lowest BCUT2D eigenvalue weighted by Gasteiger charge is -2.19. The predicted molar refractivity (Wildman–Crippen MR) is 108 cm³/mol. The molecule has 0 saturated carbocycles. The van der Waals surface area contributed by atoms with Crippen LogP contribution in [0.1, 0.15) is 30.4 Å². The van der Waals surface area contributed by atoms with Crippen molar-refractivity contribution >= 4 is 17.5 Å². The molecule has 30 heavy (non-hydrogen) atoms. The van der Waals surface area contributed by atoms with Crippen molar-refractivity contribution in [2.45, 2.75) is 38.8 Å². The molecule has 8 heteroatoms. The molecule has 0 spiro atoms. The number of benzene rings is 2. The van der Waals surface area contributed by atoms with E-state index in [0.29, 0.717) is 50.1 Å². The highest BCUT2D eigenvalue weighted by Gasteiger charge is 2.15. The van der Waals surface area contributed by atoms with Crippen LogP contribution in [0.5, 0.6) is 11.5 Å². The van der Waals surface area contributed by atoms with Gasteiger partial charge in [-0.25, -0.2) is 0 Å². The zero-order chi connectivity index (χ0) is 21.5. The largest absolute Gasteiger partial charge is 0.494 e. The number of amides is 2. The lowest BCUT2D eigenvalue weighted by molar-refractivity contribution is -0.130. The number of carbonyl (C=O) groups is 2. The molecule has 1 heterocycles. The smallest absolute Gasteiger partial charge is 0.387 e. The monoisotopic (exact) mass is 418 g/mol. The number of rotatable bonds is 9. The molecule has 0 bridgehead atoms. The number of aryl methyl sites for hydroxylation is 1. The quantitative estimate of drug-likeness (QED) is 0.626. The van der Waals surface area contributed by atoms with E-state index in [-0.39, 0.29) is 17.6 Å². The van der Waals surface area contributed by atoms with E-state index in [1.165, 1.54) is 12.1 Å². The van der Waals surface area contributed by atoms with E-state index in [4.69, 9.17) is 4.74 Å². The third-order valence-electron chi connectivity index (χ3n) is 4.75. The fourth-order valence-corrected chi connectivity index (χ4v) is 3.24. The second-order valence-corrected chi connectivity index (χ2v) is 7.09. The number of hydrogen-bond donors (Lipinski definition) is 1. The van der Waals surface area contributed by atoms with Gasteiger partial charge in [0.2, 0.25) is 11.8 Å². The van der Waals surface area contributed by atoms with Gasteiger partial charge in [0, 0.05) is 32.1 Å². The van der Waals surface area contributed by atoms with Crippen LogP contribution < -0.4 is 14.8 Å². The van der Waals surface area contributed by atoms with Gasteiger partial charge in [0.05, 0.1) is 6.61 Å². The van der Waals surface area contributed by atoms with Crippen LogP contribution in [0.25, 0.3) is 0 Å². The Morgan fingerprint density at radius 3 is 2.80 bits per heavy atom. The maximum Gasteiger partial charge on any atom is 0.387 e. The standard InChI is InChI=1S/C22H24F2N2O4/c1-26(14-15-4-2-5-18(12-15)30-22(23)24)21(28)6-3-11-29-17-8-9-19-16(13-17)7-10-20(27)25-19/h2,4-5,8-9,12-13,22H,3,6-7,10-11,14H2,1H3,(H,25,27). The van der Waals surface area contributed by atoms with Gasteiger partial charge in [-0.05, 0) is 54.3 Å². The van der Waals surface area contributed by atoms with E-state index in [0.717, 1.165) is 11.3 Å². The Morgan fingerprint density at radius 2 is 2.00 bits per heavy atom. The first-order valence-corrected chi connectivity index (χ1v) is 9.74. The van der Waals surface area contributed by atoms with Gasteiger partial charge >= 0.3 is 6.61 Å². The van der Waals surface area contributed by atoms with Crippen LogP contribution in [-0.4, -0.2) is 37.0 Å². The molecule has 0 radical (unpaired) electrons. The summed E-state index contributed by atoms with van der Waals surface area (Å²) in [6.07, 6.45) is 2.01. The van der Waals surface area contributed by atoms with Gasteiger partial charge in [0.25, 0.3) is 0 Å². The summed E-state index contributed by atoms with van der Waals surface area (Å²) in [6.45, 7) is -2.19. The molecule has 0 aromatic heterocycles. The predicted octanol–water partition coefficient (Wildman–Crippen LogP) is 3.99. The molecule has 2 aromatic rings. The van der Waals surface area contributed by atoms with Crippen molar-refractivity contribution in [1.82, 2.24) is 4.90 Å². The van der Waals surface area contributed by atoms with E-state index in [1.807, 2.05) is 12.1 Å². The number of hydrogen-bond acceptors (Lipinski definition) is 4. The topological polar surface area (TPSA) is 67.9 Å². The zero-order valence-corrected chi connectivity index (χ0v) is 16.7. The minimum absolute atomic E-state index is 0.0204. The molecular weight excluding hydrogens is 394 g/mol. The Hall–Kier alpha value is -3.16. The third-order valence-corrected chi connectivity index (χ3v) is 4.75. The Bertz CT molecular complexity index is 904. The average molecular weight is 418 g/mol. The molecule has 2 aromatic carbocycles. The van der Waals surface area contributed by atoms with Crippen molar-refractivity contribution in [2.75, 3.05) is 19.0 Å². The summed E-state index contributed by atoms with van der Waals surface area (Å²) in [6, 6.07) is 11.9. The van der Waals surface area contributed by atoms with Crippen LogP contribution in [0.3, 0.4) is 0 Å². The van der Waals surface area contributed by atoms with Crippen LogP contribution >= 0.6 is 0 Å². The molecule has 0 saturated heterocycles. The third kappa shape index (κ3) is 6.17. The van der Waals surface area contributed by atoms with E-state index in [1.54, 1.807) is 30.1 Å². The second kappa shape index (κ2) is 10.0. The maximum atomic E-state index is 12.3. The first kappa shape index (κ1) is 21.5. The molecule has 3 rings (SSSR count). The fraction of sp³-hybridized carbons (Fsp3) is 0.364. The van der Waals surface area contributed by atoms with Crippen molar-refractivity contribution in [1.29, 1.82) is 0 Å². The van der Waals surface area contributed by atoms with E-state index in [9.17, 15) is 18.4 Å². The molecule has 0 atom stereocenters. The van der Waals surface area contributed by atoms with Gasteiger partial charge in [0.15, 0.2) is 0 Å². The van der Waals surface area contributed by atoms with Gasteiger partial charge in [-0.3, -0.25) is 9.59 Å². The lowest BCUT2D eigenvalue weighted by Crippen LogP contribution is -2.26. The second-order valence-electron chi connectivity index (χ2n) is 7.09. The van der Waals surface area contributed by atoms with Gasteiger partial charge < -0.3 is 19.7 Å². The SMILES string of the molecule is CN(Cc1cccc(OC(F)F)c1)C(=O)CCCOc1ccc2c(c1)CCC(=O)N2. The Morgan fingerprint density at radius 1 is 1.17 bits per heavy atom. The van der Waals surface area contributed by atoms with Crippen LogP contribution in [0, 0.1) is 0 Å². The van der Waals surface area contributed by atoms with E-state index >= 15 is 0 Å². The maximum absolute atomic E-state index is 12.3. The number of nitrogens with zero attached hydrogens (tertiary/aromatic N) is 1. The van der Waals surface area contributed by atoms with Crippen molar-refractivity contribution in [3.8, 4) is 11.5 Å². The van der Waals surface area contributed by atoms with Crippen LogP contribution in [-0.2, 0) is 22.6 Å². The van der Waals surface area contributed by atoms with Crippen LogP contribution in [0.4, 0.5) is 14.5 Å². The van der Waals surface area contributed by atoms with Gasteiger partial charge in [-0.2, -0.15) is 8.78 Å². The summed E-state index contributed by atoms with van der Waals surface area (Å²) in [4.78, 5) is 25.3. The Labute approximate surface area is 173 Å². The van der Waals surface area contributed by atoms with Crippen LogP contribution in [0.2, 0.25) is 0 Å². The molecule has 1 N–H and O–H groups in total. The molecule has 0 aliphatic carbocycles. The number of ether oxygens (including phenoxy) is 2. The summed E-state index contributed by atoms with van der Waals surface area (Å²) < 4.78 is 34.8. The molecule has 0 unspecified atom stereocenters. The Balaban J connectivity index is 1.42. The van der Waals surface area contributed by atoms with Gasteiger partial charge in [0.1, 0.15) is 11.5 Å². The van der Waals surface area contributed by atoms with Crippen molar-refractivity contribution in [3.05, 3.63) is 53.6 Å². The van der Waals surface area contributed by atoms with Crippen molar-refractivity contribution in [2.24, 2.45) is 0 Å². The first-order chi connectivity index (χ1) is 14.4. The number of nitrogens with one attached hydrogen (secondary N) is 1. The van der Waals surface area contributed by atoms with E-state index in [2.05, 4.69) is 10.1 Å². The van der Waals surface area contributed by atoms with Gasteiger partial charge in [-0.15, -0.1) is 0 Å². The molecule has 0 fully saturated rings. The molecular formula is C22H24F2N2O4. The number of halogens is 2. The van der Waals surface area contributed by atoms with Crippen LogP contribution in [0.15, 0.2) is 42.5 Å². The normalized spacial score (nSPS) is 12.9.